The van der Waals surface area contributed by atoms with Crippen LogP contribution >= 0.6 is 0 Å². The van der Waals surface area contributed by atoms with Gasteiger partial charge in [-0.25, -0.2) is 8.42 Å². The Labute approximate surface area is 152 Å². The molecular formula is C18H16N4O3S. The smallest absolute Gasteiger partial charge is 0.232 e. The van der Waals surface area contributed by atoms with E-state index in [4.69, 9.17) is 10.5 Å². The summed E-state index contributed by atoms with van der Waals surface area (Å²) in [5.74, 6) is -0.384. The fourth-order valence-electron chi connectivity index (χ4n) is 2.31. The van der Waals surface area contributed by atoms with Crippen LogP contribution in [-0.4, -0.2) is 27.1 Å². The van der Waals surface area contributed by atoms with E-state index < -0.39 is 10.0 Å². The highest BCUT2D eigenvalue weighted by Gasteiger charge is 2.19. The third kappa shape index (κ3) is 5.07. The molecule has 0 unspecified atom stereocenters. The van der Waals surface area contributed by atoms with Gasteiger partial charge in [0, 0.05) is 18.7 Å². The molecule has 0 atom stereocenters. The summed E-state index contributed by atoms with van der Waals surface area (Å²) in [7, 11) is -3.62. The number of benzene rings is 2. The summed E-state index contributed by atoms with van der Waals surface area (Å²) in [4.78, 5) is 12.1. The van der Waals surface area contributed by atoms with Crippen LogP contribution in [0.25, 0.3) is 0 Å². The second-order valence-corrected chi connectivity index (χ2v) is 7.39. The summed E-state index contributed by atoms with van der Waals surface area (Å²) in [6.45, 7) is -0.0719. The first-order valence-electron chi connectivity index (χ1n) is 7.61. The van der Waals surface area contributed by atoms with E-state index in [-0.39, 0.29) is 18.9 Å². The number of amides is 1. The lowest BCUT2D eigenvalue weighted by Crippen LogP contribution is -2.33. The number of carbonyl (C=O) groups excluding carboxylic acids is 1. The molecule has 1 amide bonds. The Morgan fingerprint density at radius 2 is 1.69 bits per heavy atom. The Morgan fingerprint density at radius 3 is 2.31 bits per heavy atom. The molecule has 26 heavy (non-hydrogen) atoms. The molecule has 7 nitrogen and oxygen atoms in total. The van der Waals surface area contributed by atoms with Crippen LogP contribution in [-0.2, 0) is 14.8 Å². The van der Waals surface area contributed by atoms with Crippen molar-refractivity contribution in [3.05, 3.63) is 59.7 Å². The zero-order chi connectivity index (χ0) is 19.2. The quantitative estimate of drug-likeness (QED) is 0.840. The molecule has 0 saturated heterocycles. The highest BCUT2D eigenvalue weighted by atomic mass is 32.2. The number of anilines is 2. The van der Waals surface area contributed by atoms with Crippen molar-refractivity contribution in [3.8, 4) is 12.1 Å². The first kappa shape index (κ1) is 19.0. The Hall–Kier alpha value is -3.36. The van der Waals surface area contributed by atoms with Gasteiger partial charge in [-0.3, -0.25) is 9.10 Å². The third-order valence-corrected chi connectivity index (χ3v) is 4.68. The van der Waals surface area contributed by atoms with Crippen LogP contribution < -0.4 is 9.62 Å². The first-order chi connectivity index (χ1) is 12.3. The van der Waals surface area contributed by atoms with Crippen molar-refractivity contribution in [2.24, 2.45) is 0 Å². The van der Waals surface area contributed by atoms with Gasteiger partial charge in [0.25, 0.3) is 0 Å². The predicted molar refractivity (Wildman–Crippen MR) is 97.8 cm³/mol. The minimum absolute atomic E-state index is 0.0719. The lowest BCUT2D eigenvalue weighted by molar-refractivity contribution is -0.116. The number of hydrogen-bond acceptors (Lipinski definition) is 5. The maximum atomic E-state index is 12.1. The van der Waals surface area contributed by atoms with Crippen LogP contribution in [0.1, 0.15) is 17.5 Å². The minimum Gasteiger partial charge on any atom is -0.326 e. The standard InChI is InChI=1S/C18H16N4O3S/c1-26(24,25)22(17-7-3-5-15(11-17)13-20)9-8-18(23)21-16-6-2-4-14(10-16)12-19/h2-7,10-11H,8-9H2,1H3,(H,21,23). The van der Waals surface area contributed by atoms with Crippen LogP contribution in [0.4, 0.5) is 11.4 Å². The van der Waals surface area contributed by atoms with Crippen molar-refractivity contribution in [1.29, 1.82) is 10.5 Å². The van der Waals surface area contributed by atoms with E-state index in [1.54, 1.807) is 36.4 Å². The van der Waals surface area contributed by atoms with Crippen molar-refractivity contribution in [1.82, 2.24) is 0 Å². The van der Waals surface area contributed by atoms with E-state index in [0.29, 0.717) is 22.5 Å². The normalized spacial score (nSPS) is 10.4. The maximum Gasteiger partial charge on any atom is 0.232 e. The average molecular weight is 368 g/mol. The molecule has 0 radical (unpaired) electrons. The molecule has 0 bridgehead atoms. The molecule has 0 spiro atoms. The number of carbonyl (C=O) groups is 1. The fraction of sp³-hybridized carbons (Fsp3) is 0.167. The monoisotopic (exact) mass is 368 g/mol. The van der Waals surface area contributed by atoms with Gasteiger partial charge < -0.3 is 5.32 Å². The van der Waals surface area contributed by atoms with Crippen molar-refractivity contribution < 1.29 is 13.2 Å². The van der Waals surface area contributed by atoms with Crippen molar-refractivity contribution in [2.45, 2.75) is 6.42 Å². The fourth-order valence-corrected chi connectivity index (χ4v) is 3.23. The van der Waals surface area contributed by atoms with Crippen molar-refractivity contribution in [2.75, 3.05) is 22.4 Å². The molecule has 0 aliphatic heterocycles. The third-order valence-electron chi connectivity index (χ3n) is 3.48. The van der Waals surface area contributed by atoms with Crippen LogP contribution in [0.2, 0.25) is 0 Å². The molecule has 0 heterocycles. The topological polar surface area (TPSA) is 114 Å². The molecule has 2 rings (SSSR count). The Morgan fingerprint density at radius 1 is 1.08 bits per heavy atom. The molecule has 0 aliphatic rings. The number of nitrogens with one attached hydrogen (secondary N) is 1. The van der Waals surface area contributed by atoms with Gasteiger partial charge >= 0.3 is 0 Å². The molecule has 0 saturated carbocycles. The number of hydrogen-bond donors (Lipinski definition) is 1. The molecule has 0 aromatic heterocycles. The van der Waals surface area contributed by atoms with Crippen LogP contribution in [0.15, 0.2) is 48.5 Å². The molecular weight excluding hydrogens is 352 g/mol. The second kappa shape index (κ2) is 8.15. The van der Waals surface area contributed by atoms with E-state index >= 15 is 0 Å². The number of nitriles is 2. The summed E-state index contributed by atoms with van der Waals surface area (Å²) in [5.41, 5.74) is 1.53. The predicted octanol–water partition coefficient (Wildman–Crippen LogP) is 2.22. The highest BCUT2D eigenvalue weighted by Crippen LogP contribution is 2.19. The molecule has 1 N–H and O–H groups in total. The summed E-state index contributed by atoms with van der Waals surface area (Å²) in [5, 5.41) is 20.5. The molecule has 0 aliphatic carbocycles. The summed E-state index contributed by atoms with van der Waals surface area (Å²) in [6.07, 6.45) is 0.959. The summed E-state index contributed by atoms with van der Waals surface area (Å²) >= 11 is 0. The van der Waals surface area contributed by atoms with Gasteiger partial charge in [0.15, 0.2) is 0 Å². The number of nitrogens with zero attached hydrogens (tertiary/aromatic N) is 3. The molecule has 2 aromatic carbocycles. The van der Waals surface area contributed by atoms with Gasteiger partial charge in [-0.15, -0.1) is 0 Å². The van der Waals surface area contributed by atoms with E-state index in [1.165, 1.54) is 12.1 Å². The summed E-state index contributed by atoms with van der Waals surface area (Å²) in [6, 6.07) is 16.5. The van der Waals surface area contributed by atoms with E-state index in [0.717, 1.165) is 10.6 Å². The van der Waals surface area contributed by atoms with Gasteiger partial charge in [0.05, 0.1) is 35.2 Å². The number of rotatable bonds is 6. The van der Waals surface area contributed by atoms with Gasteiger partial charge in [0.2, 0.25) is 15.9 Å². The van der Waals surface area contributed by atoms with E-state index in [9.17, 15) is 13.2 Å². The maximum absolute atomic E-state index is 12.1. The van der Waals surface area contributed by atoms with Gasteiger partial charge in [-0.05, 0) is 36.4 Å². The van der Waals surface area contributed by atoms with E-state index in [2.05, 4.69) is 5.32 Å². The molecule has 132 valence electrons. The highest BCUT2D eigenvalue weighted by molar-refractivity contribution is 7.92. The lowest BCUT2D eigenvalue weighted by Gasteiger charge is -2.22. The molecule has 2 aromatic rings. The number of sulfonamides is 1. The lowest BCUT2D eigenvalue weighted by atomic mass is 10.2. The summed E-state index contributed by atoms with van der Waals surface area (Å²) < 4.78 is 25.2. The zero-order valence-electron chi connectivity index (χ0n) is 14.0. The molecule has 0 fully saturated rings. The average Bonchev–Trinajstić information content (AvgIpc) is 2.61. The van der Waals surface area contributed by atoms with Gasteiger partial charge in [0.1, 0.15) is 0 Å². The van der Waals surface area contributed by atoms with Crippen molar-refractivity contribution >= 4 is 27.3 Å². The van der Waals surface area contributed by atoms with Crippen molar-refractivity contribution in [3.63, 3.8) is 0 Å². The van der Waals surface area contributed by atoms with E-state index in [1.807, 2.05) is 12.1 Å². The SMILES string of the molecule is CS(=O)(=O)N(CCC(=O)Nc1cccc(C#N)c1)c1cccc(C#N)c1. The van der Waals surface area contributed by atoms with Gasteiger partial charge in [-0.1, -0.05) is 12.1 Å². The second-order valence-electron chi connectivity index (χ2n) is 5.49. The van der Waals surface area contributed by atoms with Crippen LogP contribution in [0, 0.1) is 22.7 Å². The first-order valence-corrected chi connectivity index (χ1v) is 9.46. The van der Waals surface area contributed by atoms with Crippen LogP contribution in [0.3, 0.4) is 0 Å². The zero-order valence-corrected chi connectivity index (χ0v) is 14.8. The Bertz CT molecular complexity index is 1000. The largest absolute Gasteiger partial charge is 0.326 e. The minimum atomic E-state index is -3.62. The van der Waals surface area contributed by atoms with Crippen LogP contribution in [0.5, 0.6) is 0 Å². The Balaban J connectivity index is 2.11. The van der Waals surface area contributed by atoms with Gasteiger partial charge in [-0.2, -0.15) is 10.5 Å². The molecule has 8 heteroatoms. The Kier molecular flexibility index (Phi) is 5.94.